The van der Waals surface area contributed by atoms with Crippen LogP contribution in [0.1, 0.15) is 35.3 Å². The fourth-order valence-electron chi connectivity index (χ4n) is 2.35. The topological polar surface area (TPSA) is 55.3 Å². The summed E-state index contributed by atoms with van der Waals surface area (Å²) >= 11 is 0. The van der Waals surface area contributed by atoms with Crippen molar-refractivity contribution in [2.24, 2.45) is 0 Å². The Bertz CT molecular complexity index is 686. The number of carbonyl (C=O) groups is 1. The summed E-state index contributed by atoms with van der Waals surface area (Å²) in [5.41, 5.74) is 4.07. The number of rotatable bonds is 5. The van der Waals surface area contributed by atoms with Crippen LogP contribution in [-0.4, -0.2) is 34.4 Å². The number of likely N-dealkylation sites (N-methyl/N-ethyl adjacent to an activating group) is 1. The van der Waals surface area contributed by atoms with Gasteiger partial charge in [0.1, 0.15) is 12.1 Å². The molecule has 2 rings (SSSR count). The Kier molecular flexibility index (Phi) is 5.32. The van der Waals surface area contributed by atoms with Crippen LogP contribution in [-0.2, 0) is 4.79 Å². The number of benzene rings is 1. The van der Waals surface area contributed by atoms with Gasteiger partial charge in [-0.3, -0.25) is 4.79 Å². The van der Waals surface area contributed by atoms with E-state index >= 15 is 0 Å². The number of hydrogen-bond acceptors (Lipinski definition) is 4. The van der Waals surface area contributed by atoms with Gasteiger partial charge in [-0.05, 0) is 50.5 Å². The monoisotopic (exact) mass is 313 g/mol. The normalized spacial score (nSPS) is 11.9. The van der Waals surface area contributed by atoms with Crippen LogP contribution in [0.25, 0.3) is 0 Å². The van der Waals surface area contributed by atoms with Gasteiger partial charge in [0.2, 0.25) is 0 Å². The van der Waals surface area contributed by atoms with Crippen molar-refractivity contribution in [3.63, 3.8) is 0 Å². The Morgan fingerprint density at radius 2 is 1.91 bits per heavy atom. The summed E-state index contributed by atoms with van der Waals surface area (Å²) in [6, 6.07) is 5.75. The zero-order chi connectivity index (χ0) is 17.0. The minimum absolute atomic E-state index is 0.0110. The summed E-state index contributed by atoms with van der Waals surface area (Å²) in [6.45, 7) is 7.97. The average molecular weight is 313 g/mol. The van der Waals surface area contributed by atoms with Gasteiger partial charge in [-0.1, -0.05) is 12.1 Å². The Morgan fingerprint density at radius 1 is 1.22 bits per heavy atom. The average Bonchev–Trinajstić information content (AvgIpc) is 2.57. The summed E-state index contributed by atoms with van der Waals surface area (Å²) in [4.78, 5) is 22.1. The molecule has 1 aromatic carbocycles. The summed E-state index contributed by atoms with van der Waals surface area (Å²) < 4.78 is 5.79. The fraction of sp³-hybridized carbons (Fsp3) is 0.389. The molecule has 5 heteroatoms. The quantitative estimate of drug-likeness (QED) is 0.851. The highest BCUT2D eigenvalue weighted by Gasteiger charge is 2.19. The first-order chi connectivity index (χ1) is 10.9. The van der Waals surface area contributed by atoms with Crippen molar-refractivity contribution in [1.82, 2.24) is 14.9 Å². The van der Waals surface area contributed by atoms with Crippen molar-refractivity contribution >= 4 is 5.91 Å². The number of ether oxygens (including phenoxy) is 1. The van der Waals surface area contributed by atoms with E-state index in [9.17, 15) is 4.79 Å². The molecular weight excluding hydrogens is 290 g/mol. The first-order valence-corrected chi connectivity index (χ1v) is 7.63. The first kappa shape index (κ1) is 16.9. The standard InChI is InChI=1S/C18H23N3O2/c1-12-6-7-13(2)18(14(12)3)23-10-17(22)21(5)15(4)16-8-9-19-11-20-16/h6-9,11,15H,10H2,1-5H3. The van der Waals surface area contributed by atoms with Gasteiger partial charge in [0.25, 0.3) is 5.91 Å². The molecule has 0 spiro atoms. The molecule has 0 aliphatic rings. The summed E-state index contributed by atoms with van der Waals surface area (Å²) in [5, 5.41) is 0. The molecular formula is C18H23N3O2. The highest BCUT2D eigenvalue weighted by Crippen LogP contribution is 2.26. The Hall–Kier alpha value is -2.43. The van der Waals surface area contributed by atoms with Crippen LogP contribution in [0.3, 0.4) is 0 Å². The molecule has 0 bridgehead atoms. The molecule has 1 unspecified atom stereocenters. The van der Waals surface area contributed by atoms with Crippen molar-refractivity contribution in [2.75, 3.05) is 13.7 Å². The third-order valence-electron chi connectivity index (χ3n) is 4.22. The Labute approximate surface area is 137 Å². The molecule has 0 aliphatic heterocycles. The van der Waals surface area contributed by atoms with Crippen molar-refractivity contribution in [2.45, 2.75) is 33.7 Å². The fourth-order valence-corrected chi connectivity index (χ4v) is 2.35. The maximum absolute atomic E-state index is 12.4. The lowest BCUT2D eigenvalue weighted by Gasteiger charge is -2.25. The Morgan fingerprint density at radius 3 is 2.57 bits per heavy atom. The molecule has 1 aromatic heterocycles. The summed E-state index contributed by atoms with van der Waals surface area (Å²) in [6.07, 6.45) is 3.16. The second kappa shape index (κ2) is 7.22. The smallest absolute Gasteiger partial charge is 0.260 e. The van der Waals surface area contributed by atoms with Gasteiger partial charge in [-0.2, -0.15) is 0 Å². The van der Waals surface area contributed by atoms with E-state index in [1.54, 1.807) is 18.1 Å². The second-order valence-corrected chi connectivity index (χ2v) is 5.76. The lowest BCUT2D eigenvalue weighted by Crippen LogP contribution is -2.34. The zero-order valence-electron chi connectivity index (χ0n) is 14.3. The second-order valence-electron chi connectivity index (χ2n) is 5.76. The number of aryl methyl sites for hydroxylation is 2. The number of hydrogen-bond donors (Lipinski definition) is 0. The molecule has 122 valence electrons. The van der Waals surface area contributed by atoms with E-state index in [0.29, 0.717) is 0 Å². The van der Waals surface area contributed by atoms with Gasteiger partial charge in [-0.25, -0.2) is 9.97 Å². The van der Waals surface area contributed by atoms with Gasteiger partial charge in [0.15, 0.2) is 6.61 Å². The number of aromatic nitrogens is 2. The predicted molar refractivity (Wildman–Crippen MR) is 89.4 cm³/mol. The number of amides is 1. The number of nitrogens with zero attached hydrogens (tertiary/aromatic N) is 3. The van der Waals surface area contributed by atoms with Crippen LogP contribution in [0.15, 0.2) is 30.7 Å². The Balaban J connectivity index is 2.04. The van der Waals surface area contributed by atoms with E-state index in [0.717, 1.165) is 28.1 Å². The van der Waals surface area contributed by atoms with Crippen molar-refractivity contribution in [3.05, 3.63) is 53.1 Å². The van der Waals surface area contributed by atoms with Crippen LogP contribution < -0.4 is 4.74 Å². The number of carbonyl (C=O) groups excluding carboxylic acids is 1. The largest absolute Gasteiger partial charge is 0.483 e. The molecule has 2 aromatic rings. The van der Waals surface area contributed by atoms with E-state index in [4.69, 9.17) is 4.74 Å². The van der Waals surface area contributed by atoms with Gasteiger partial charge in [0, 0.05) is 13.2 Å². The van der Waals surface area contributed by atoms with Crippen LogP contribution >= 0.6 is 0 Å². The van der Waals surface area contributed by atoms with Crippen LogP contribution in [0.5, 0.6) is 5.75 Å². The molecule has 1 heterocycles. The van der Waals surface area contributed by atoms with E-state index < -0.39 is 0 Å². The molecule has 0 fully saturated rings. The highest BCUT2D eigenvalue weighted by atomic mass is 16.5. The van der Waals surface area contributed by atoms with Gasteiger partial charge in [0.05, 0.1) is 11.7 Å². The van der Waals surface area contributed by atoms with Gasteiger partial charge < -0.3 is 9.64 Å². The lowest BCUT2D eigenvalue weighted by molar-refractivity contribution is -0.134. The van der Waals surface area contributed by atoms with Crippen LogP contribution in [0.2, 0.25) is 0 Å². The molecule has 23 heavy (non-hydrogen) atoms. The minimum atomic E-state index is -0.131. The molecule has 0 radical (unpaired) electrons. The SMILES string of the molecule is Cc1ccc(C)c(OCC(=O)N(C)C(C)c2ccncn2)c1C. The van der Waals surface area contributed by atoms with E-state index in [1.807, 2.05) is 39.8 Å². The van der Waals surface area contributed by atoms with E-state index in [-0.39, 0.29) is 18.6 Å². The molecule has 0 N–H and O–H groups in total. The summed E-state index contributed by atoms with van der Waals surface area (Å²) in [5.74, 6) is 0.706. The predicted octanol–water partition coefficient (Wildman–Crippen LogP) is 3.00. The van der Waals surface area contributed by atoms with E-state index in [2.05, 4.69) is 16.0 Å². The van der Waals surface area contributed by atoms with Crippen molar-refractivity contribution in [3.8, 4) is 5.75 Å². The molecule has 5 nitrogen and oxygen atoms in total. The van der Waals surface area contributed by atoms with Gasteiger partial charge >= 0.3 is 0 Å². The van der Waals surface area contributed by atoms with Crippen LogP contribution in [0.4, 0.5) is 0 Å². The molecule has 0 aliphatic carbocycles. The van der Waals surface area contributed by atoms with Crippen LogP contribution in [0, 0.1) is 20.8 Å². The third kappa shape index (κ3) is 3.86. The maximum atomic E-state index is 12.4. The van der Waals surface area contributed by atoms with Crippen molar-refractivity contribution in [1.29, 1.82) is 0 Å². The molecule has 0 saturated heterocycles. The van der Waals surface area contributed by atoms with Gasteiger partial charge in [-0.15, -0.1) is 0 Å². The zero-order valence-corrected chi connectivity index (χ0v) is 14.3. The third-order valence-corrected chi connectivity index (χ3v) is 4.22. The minimum Gasteiger partial charge on any atom is -0.483 e. The summed E-state index contributed by atoms with van der Waals surface area (Å²) in [7, 11) is 1.76. The first-order valence-electron chi connectivity index (χ1n) is 7.63. The molecule has 1 atom stereocenters. The highest BCUT2D eigenvalue weighted by molar-refractivity contribution is 5.78. The molecule has 0 saturated carbocycles. The lowest BCUT2D eigenvalue weighted by atomic mass is 10.1. The molecule has 1 amide bonds. The maximum Gasteiger partial charge on any atom is 0.260 e. The van der Waals surface area contributed by atoms with Crippen molar-refractivity contribution < 1.29 is 9.53 Å². The van der Waals surface area contributed by atoms with E-state index in [1.165, 1.54) is 6.33 Å².